The molecular formula is C27H39NO6. The van der Waals surface area contributed by atoms with E-state index < -0.39 is 12.1 Å². The number of ether oxygens (including phenoxy) is 3. The van der Waals surface area contributed by atoms with Crippen molar-refractivity contribution in [1.82, 2.24) is 5.32 Å². The molecule has 7 heteroatoms. The summed E-state index contributed by atoms with van der Waals surface area (Å²) < 4.78 is 16.5. The van der Waals surface area contributed by atoms with Gasteiger partial charge in [-0.25, -0.2) is 0 Å². The number of esters is 1. The molecule has 0 saturated carbocycles. The van der Waals surface area contributed by atoms with Crippen LogP contribution in [0.25, 0.3) is 0 Å². The molecule has 0 saturated heterocycles. The summed E-state index contributed by atoms with van der Waals surface area (Å²) in [4.78, 5) is 11.1. The van der Waals surface area contributed by atoms with Gasteiger partial charge in [0.05, 0.1) is 32.0 Å². The second-order valence-corrected chi connectivity index (χ2v) is 8.29. The van der Waals surface area contributed by atoms with E-state index in [0.29, 0.717) is 36.6 Å². The van der Waals surface area contributed by atoms with Gasteiger partial charge in [0.2, 0.25) is 0 Å². The molecule has 0 fully saturated rings. The number of rotatable bonds is 17. The highest BCUT2D eigenvalue weighted by atomic mass is 16.5. The predicted octanol–water partition coefficient (Wildman–Crippen LogP) is 4.08. The number of benzene rings is 2. The summed E-state index contributed by atoms with van der Waals surface area (Å²) in [5, 5.41) is 23.1. The second kappa shape index (κ2) is 16.4. The Balaban J connectivity index is 1.47. The standard InChI is InChI=1S/C27H39NO6/c1-21(23-10-6-5-7-11-23)33-17-16-32-15-9-4-3-8-14-28-19-26(31)24-12-13-27(34-22(2)30)25(18-24)20-29/h5-7,10-13,18,21,26,28-29,31H,3-4,8-9,14-17,19-20H2,1-2H3/t21-,26-/m0/s1. The van der Waals surface area contributed by atoms with Gasteiger partial charge in [0, 0.05) is 25.6 Å². The summed E-state index contributed by atoms with van der Waals surface area (Å²) in [5.41, 5.74) is 2.33. The van der Waals surface area contributed by atoms with Crippen LogP contribution in [0.2, 0.25) is 0 Å². The highest BCUT2D eigenvalue weighted by Crippen LogP contribution is 2.24. The fourth-order valence-corrected chi connectivity index (χ4v) is 3.56. The predicted molar refractivity (Wildman–Crippen MR) is 132 cm³/mol. The molecular weight excluding hydrogens is 434 g/mol. The average Bonchev–Trinajstić information content (AvgIpc) is 2.84. The Labute approximate surface area is 203 Å². The molecule has 34 heavy (non-hydrogen) atoms. The summed E-state index contributed by atoms with van der Waals surface area (Å²) in [6, 6.07) is 15.1. The van der Waals surface area contributed by atoms with Gasteiger partial charge in [-0.1, -0.05) is 49.2 Å². The van der Waals surface area contributed by atoms with Crippen LogP contribution in [0.1, 0.15) is 68.4 Å². The fourth-order valence-electron chi connectivity index (χ4n) is 3.56. The molecule has 2 rings (SSSR count). The average molecular weight is 474 g/mol. The quantitative estimate of drug-likeness (QED) is 0.181. The topological polar surface area (TPSA) is 97.3 Å². The zero-order chi connectivity index (χ0) is 24.6. The number of carbonyl (C=O) groups is 1. The third-order valence-electron chi connectivity index (χ3n) is 5.49. The van der Waals surface area contributed by atoms with E-state index >= 15 is 0 Å². The van der Waals surface area contributed by atoms with Crippen LogP contribution in [0.4, 0.5) is 0 Å². The minimum Gasteiger partial charge on any atom is -0.426 e. The van der Waals surface area contributed by atoms with Crippen molar-refractivity contribution in [3.05, 3.63) is 65.2 Å². The Morgan fingerprint density at radius 1 is 0.971 bits per heavy atom. The molecule has 188 valence electrons. The summed E-state index contributed by atoms with van der Waals surface area (Å²) in [7, 11) is 0. The Morgan fingerprint density at radius 3 is 2.47 bits per heavy atom. The molecule has 0 radical (unpaired) electrons. The molecule has 0 amide bonds. The van der Waals surface area contributed by atoms with Gasteiger partial charge in [0.1, 0.15) is 5.75 Å². The van der Waals surface area contributed by atoms with Crippen molar-refractivity contribution in [3.8, 4) is 5.75 Å². The summed E-state index contributed by atoms with van der Waals surface area (Å²) in [6.07, 6.45) is 3.63. The Kier molecular flexibility index (Phi) is 13.4. The van der Waals surface area contributed by atoms with Crippen molar-refractivity contribution >= 4 is 5.97 Å². The molecule has 7 nitrogen and oxygen atoms in total. The molecule has 2 aromatic rings. The first kappa shape index (κ1) is 28.0. The van der Waals surface area contributed by atoms with E-state index in [-0.39, 0.29) is 12.7 Å². The first-order valence-corrected chi connectivity index (χ1v) is 12.1. The van der Waals surface area contributed by atoms with E-state index in [1.54, 1.807) is 18.2 Å². The van der Waals surface area contributed by atoms with Crippen LogP contribution in [0.5, 0.6) is 5.75 Å². The summed E-state index contributed by atoms with van der Waals surface area (Å²) in [6.45, 7) is 6.28. The smallest absolute Gasteiger partial charge is 0.308 e. The third-order valence-corrected chi connectivity index (χ3v) is 5.49. The van der Waals surface area contributed by atoms with Crippen molar-refractivity contribution in [2.24, 2.45) is 0 Å². The van der Waals surface area contributed by atoms with E-state index in [1.165, 1.54) is 12.5 Å². The zero-order valence-electron chi connectivity index (χ0n) is 20.4. The third kappa shape index (κ3) is 10.8. The number of aliphatic hydroxyl groups excluding tert-OH is 2. The second-order valence-electron chi connectivity index (χ2n) is 8.29. The number of hydrogen-bond acceptors (Lipinski definition) is 7. The number of unbranched alkanes of at least 4 members (excludes halogenated alkanes) is 3. The first-order chi connectivity index (χ1) is 16.5. The largest absolute Gasteiger partial charge is 0.426 e. The highest BCUT2D eigenvalue weighted by Gasteiger charge is 2.12. The number of hydrogen-bond donors (Lipinski definition) is 3. The molecule has 2 atom stereocenters. The first-order valence-electron chi connectivity index (χ1n) is 12.1. The Hall–Kier alpha value is -2.29. The molecule has 0 unspecified atom stereocenters. The monoisotopic (exact) mass is 473 g/mol. The van der Waals surface area contributed by atoms with Gasteiger partial charge in [0.25, 0.3) is 0 Å². The minimum absolute atomic E-state index is 0.0765. The Bertz CT molecular complexity index is 829. The fraction of sp³-hybridized carbons (Fsp3) is 0.519. The van der Waals surface area contributed by atoms with Crippen LogP contribution in [-0.2, 0) is 20.9 Å². The van der Waals surface area contributed by atoms with Gasteiger partial charge in [-0.3, -0.25) is 4.79 Å². The summed E-state index contributed by atoms with van der Waals surface area (Å²) >= 11 is 0. The molecule has 0 aliphatic rings. The molecule has 0 aliphatic carbocycles. The maximum atomic E-state index is 11.1. The normalized spacial score (nSPS) is 12.9. The molecule has 0 spiro atoms. The van der Waals surface area contributed by atoms with Gasteiger partial charge in [-0.05, 0) is 49.6 Å². The minimum atomic E-state index is -0.697. The van der Waals surface area contributed by atoms with E-state index in [0.717, 1.165) is 38.8 Å². The van der Waals surface area contributed by atoms with Crippen LogP contribution < -0.4 is 10.1 Å². The molecule has 0 aromatic heterocycles. The zero-order valence-corrected chi connectivity index (χ0v) is 20.4. The van der Waals surface area contributed by atoms with Gasteiger partial charge in [-0.15, -0.1) is 0 Å². The van der Waals surface area contributed by atoms with Crippen LogP contribution >= 0.6 is 0 Å². The maximum absolute atomic E-state index is 11.1. The number of carbonyl (C=O) groups excluding carboxylic acids is 1. The SMILES string of the molecule is CC(=O)Oc1ccc([C@@H](O)CNCCCCCCOCCO[C@@H](C)c2ccccc2)cc1CO. The number of nitrogens with one attached hydrogen (secondary N) is 1. The summed E-state index contributed by atoms with van der Waals surface area (Å²) in [5.74, 6) is -0.129. The lowest BCUT2D eigenvalue weighted by atomic mass is 10.1. The molecule has 0 bridgehead atoms. The van der Waals surface area contributed by atoms with Crippen LogP contribution in [0.15, 0.2) is 48.5 Å². The van der Waals surface area contributed by atoms with Crippen LogP contribution in [0, 0.1) is 0 Å². The maximum Gasteiger partial charge on any atom is 0.308 e. The number of aliphatic hydroxyl groups is 2. The van der Waals surface area contributed by atoms with E-state index in [2.05, 4.69) is 24.4 Å². The lowest BCUT2D eigenvalue weighted by molar-refractivity contribution is -0.131. The Morgan fingerprint density at radius 2 is 1.74 bits per heavy atom. The van der Waals surface area contributed by atoms with Crippen molar-refractivity contribution in [1.29, 1.82) is 0 Å². The molecule has 0 aliphatic heterocycles. The van der Waals surface area contributed by atoms with Gasteiger partial charge < -0.3 is 29.7 Å². The van der Waals surface area contributed by atoms with Crippen molar-refractivity contribution < 1.29 is 29.2 Å². The molecule has 0 heterocycles. The van der Waals surface area contributed by atoms with Crippen LogP contribution in [-0.4, -0.2) is 49.1 Å². The van der Waals surface area contributed by atoms with Gasteiger partial charge in [-0.2, -0.15) is 0 Å². The van der Waals surface area contributed by atoms with Crippen molar-refractivity contribution in [2.45, 2.75) is 58.3 Å². The van der Waals surface area contributed by atoms with E-state index in [4.69, 9.17) is 14.2 Å². The van der Waals surface area contributed by atoms with Crippen molar-refractivity contribution in [2.75, 3.05) is 32.9 Å². The van der Waals surface area contributed by atoms with E-state index in [1.807, 2.05) is 18.2 Å². The highest BCUT2D eigenvalue weighted by molar-refractivity contribution is 5.69. The molecule has 2 aromatic carbocycles. The lowest BCUT2D eigenvalue weighted by Crippen LogP contribution is -2.22. The van der Waals surface area contributed by atoms with Crippen molar-refractivity contribution in [3.63, 3.8) is 0 Å². The van der Waals surface area contributed by atoms with Crippen LogP contribution in [0.3, 0.4) is 0 Å². The lowest BCUT2D eigenvalue weighted by Gasteiger charge is -2.15. The van der Waals surface area contributed by atoms with E-state index in [9.17, 15) is 15.0 Å². The van der Waals surface area contributed by atoms with Gasteiger partial charge in [0.15, 0.2) is 0 Å². The van der Waals surface area contributed by atoms with Gasteiger partial charge >= 0.3 is 5.97 Å². The molecule has 3 N–H and O–H groups in total.